The molecule has 1 aromatic carbocycles. The fourth-order valence-corrected chi connectivity index (χ4v) is 2.08. The van der Waals surface area contributed by atoms with Gasteiger partial charge in [0.05, 0.1) is 11.7 Å². The van der Waals surface area contributed by atoms with Crippen LogP contribution >= 0.6 is 0 Å². The Balaban J connectivity index is 2.39. The highest BCUT2D eigenvalue weighted by Crippen LogP contribution is 2.23. The molecule has 0 amide bonds. The molecule has 2 rings (SSSR count). The first-order chi connectivity index (χ1) is 8.22. The zero-order chi connectivity index (χ0) is 12.3. The molecule has 90 valence electrons. The highest BCUT2D eigenvalue weighted by molar-refractivity contribution is 5.33. The van der Waals surface area contributed by atoms with Crippen molar-refractivity contribution in [2.45, 2.75) is 19.9 Å². The summed E-state index contributed by atoms with van der Waals surface area (Å²) in [6.07, 6.45) is 1.98. The van der Waals surface area contributed by atoms with Gasteiger partial charge in [-0.1, -0.05) is 31.2 Å². The van der Waals surface area contributed by atoms with Crippen LogP contribution in [0.15, 0.2) is 36.5 Å². The number of hydrogen-bond donors (Lipinski definition) is 1. The van der Waals surface area contributed by atoms with Gasteiger partial charge in [0.25, 0.3) is 0 Å². The quantitative estimate of drug-likeness (QED) is 0.872. The van der Waals surface area contributed by atoms with Gasteiger partial charge in [-0.2, -0.15) is 5.10 Å². The number of aryl methyl sites for hydroxylation is 2. The Hall–Kier alpha value is -1.61. The summed E-state index contributed by atoms with van der Waals surface area (Å²) < 4.78 is 1.85. The van der Waals surface area contributed by atoms with Crippen molar-refractivity contribution < 1.29 is 0 Å². The first kappa shape index (κ1) is 11.9. The monoisotopic (exact) mass is 229 g/mol. The molecule has 0 spiro atoms. The second kappa shape index (κ2) is 5.15. The number of aromatic nitrogens is 2. The van der Waals surface area contributed by atoms with Gasteiger partial charge in [0.1, 0.15) is 0 Å². The van der Waals surface area contributed by atoms with E-state index in [-0.39, 0.29) is 6.04 Å². The van der Waals surface area contributed by atoms with E-state index in [1.807, 2.05) is 17.9 Å². The van der Waals surface area contributed by atoms with Crippen LogP contribution in [0.1, 0.15) is 29.8 Å². The Morgan fingerprint density at radius 3 is 2.65 bits per heavy atom. The summed E-state index contributed by atoms with van der Waals surface area (Å²) in [4.78, 5) is 0. The minimum absolute atomic E-state index is 0.183. The molecule has 3 nitrogen and oxygen atoms in total. The zero-order valence-electron chi connectivity index (χ0n) is 10.6. The SMILES string of the molecule is CCNC(c1ccn(C)n1)c1ccccc1C. The summed E-state index contributed by atoms with van der Waals surface area (Å²) in [6, 6.07) is 10.7. The summed E-state index contributed by atoms with van der Waals surface area (Å²) in [5.74, 6) is 0. The molecule has 0 radical (unpaired) electrons. The fourth-order valence-electron chi connectivity index (χ4n) is 2.08. The van der Waals surface area contributed by atoms with Crippen molar-refractivity contribution in [2.24, 2.45) is 7.05 Å². The summed E-state index contributed by atoms with van der Waals surface area (Å²) in [6.45, 7) is 5.19. The molecule has 0 aliphatic heterocycles. The lowest BCUT2D eigenvalue weighted by molar-refractivity contribution is 0.597. The van der Waals surface area contributed by atoms with Crippen molar-refractivity contribution in [3.05, 3.63) is 53.3 Å². The molecule has 2 aromatic rings. The van der Waals surface area contributed by atoms with Crippen LogP contribution in [0.2, 0.25) is 0 Å². The predicted molar refractivity (Wildman–Crippen MR) is 69.9 cm³/mol. The number of rotatable bonds is 4. The van der Waals surface area contributed by atoms with Gasteiger partial charge in [0, 0.05) is 13.2 Å². The van der Waals surface area contributed by atoms with Crippen molar-refractivity contribution in [1.82, 2.24) is 15.1 Å². The van der Waals surface area contributed by atoms with Crippen molar-refractivity contribution in [3.63, 3.8) is 0 Å². The third-order valence-electron chi connectivity index (χ3n) is 2.94. The third kappa shape index (κ3) is 2.56. The molecule has 0 aliphatic rings. The maximum atomic E-state index is 4.50. The Bertz CT molecular complexity index is 488. The Morgan fingerprint density at radius 1 is 1.29 bits per heavy atom. The van der Waals surface area contributed by atoms with E-state index in [1.54, 1.807) is 0 Å². The van der Waals surface area contributed by atoms with Crippen molar-refractivity contribution >= 4 is 0 Å². The number of benzene rings is 1. The van der Waals surface area contributed by atoms with Crippen LogP contribution in [-0.4, -0.2) is 16.3 Å². The zero-order valence-corrected chi connectivity index (χ0v) is 10.6. The van der Waals surface area contributed by atoms with Crippen molar-refractivity contribution in [1.29, 1.82) is 0 Å². The van der Waals surface area contributed by atoms with E-state index in [0.717, 1.165) is 12.2 Å². The van der Waals surface area contributed by atoms with Crippen LogP contribution in [0.5, 0.6) is 0 Å². The van der Waals surface area contributed by atoms with E-state index in [1.165, 1.54) is 11.1 Å². The Kier molecular flexibility index (Phi) is 3.59. The molecule has 1 heterocycles. The van der Waals surface area contributed by atoms with Gasteiger partial charge in [-0.15, -0.1) is 0 Å². The van der Waals surface area contributed by atoms with Crippen LogP contribution in [0, 0.1) is 6.92 Å². The van der Waals surface area contributed by atoms with Gasteiger partial charge in [-0.25, -0.2) is 0 Å². The fraction of sp³-hybridized carbons (Fsp3) is 0.357. The van der Waals surface area contributed by atoms with Gasteiger partial charge in [-0.05, 0) is 30.7 Å². The average molecular weight is 229 g/mol. The third-order valence-corrected chi connectivity index (χ3v) is 2.94. The van der Waals surface area contributed by atoms with Crippen LogP contribution in [0.25, 0.3) is 0 Å². The highest BCUT2D eigenvalue weighted by Gasteiger charge is 2.16. The summed E-state index contributed by atoms with van der Waals surface area (Å²) in [5.41, 5.74) is 3.67. The van der Waals surface area contributed by atoms with E-state index >= 15 is 0 Å². The van der Waals surface area contributed by atoms with Gasteiger partial charge >= 0.3 is 0 Å². The van der Waals surface area contributed by atoms with Crippen LogP contribution in [-0.2, 0) is 7.05 Å². The van der Waals surface area contributed by atoms with Gasteiger partial charge in [-0.3, -0.25) is 4.68 Å². The van der Waals surface area contributed by atoms with E-state index in [4.69, 9.17) is 0 Å². The summed E-state index contributed by atoms with van der Waals surface area (Å²) in [7, 11) is 1.95. The summed E-state index contributed by atoms with van der Waals surface area (Å²) in [5, 5.41) is 7.99. The molecule has 0 fully saturated rings. The molecule has 0 bridgehead atoms. The lowest BCUT2D eigenvalue weighted by Gasteiger charge is -2.18. The van der Waals surface area contributed by atoms with Crippen molar-refractivity contribution in [3.8, 4) is 0 Å². The second-order valence-electron chi connectivity index (χ2n) is 4.26. The molecule has 1 N–H and O–H groups in total. The second-order valence-corrected chi connectivity index (χ2v) is 4.26. The Morgan fingerprint density at radius 2 is 2.06 bits per heavy atom. The normalized spacial score (nSPS) is 12.6. The molecular formula is C14H19N3. The molecule has 1 aromatic heterocycles. The molecule has 1 unspecified atom stereocenters. The first-order valence-corrected chi connectivity index (χ1v) is 6.01. The van der Waals surface area contributed by atoms with Crippen LogP contribution in [0.4, 0.5) is 0 Å². The number of hydrogen-bond acceptors (Lipinski definition) is 2. The minimum atomic E-state index is 0.183. The van der Waals surface area contributed by atoms with Crippen LogP contribution < -0.4 is 5.32 Å². The van der Waals surface area contributed by atoms with Gasteiger partial charge < -0.3 is 5.32 Å². The van der Waals surface area contributed by atoms with E-state index in [2.05, 4.69) is 54.6 Å². The van der Waals surface area contributed by atoms with Gasteiger partial charge in [0.15, 0.2) is 0 Å². The van der Waals surface area contributed by atoms with E-state index < -0.39 is 0 Å². The highest BCUT2D eigenvalue weighted by atomic mass is 15.3. The first-order valence-electron chi connectivity index (χ1n) is 6.01. The standard InChI is InChI=1S/C14H19N3/c1-4-15-14(13-9-10-17(3)16-13)12-8-6-5-7-11(12)2/h5-10,14-15H,4H2,1-3H3. The molecular weight excluding hydrogens is 210 g/mol. The molecule has 3 heteroatoms. The lowest BCUT2D eigenvalue weighted by Crippen LogP contribution is -2.23. The topological polar surface area (TPSA) is 29.9 Å². The Labute approximate surface area is 102 Å². The smallest absolute Gasteiger partial charge is 0.0839 e. The maximum absolute atomic E-state index is 4.50. The largest absolute Gasteiger partial charge is 0.305 e. The van der Waals surface area contributed by atoms with Gasteiger partial charge in [0.2, 0.25) is 0 Å². The number of nitrogens with zero attached hydrogens (tertiary/aromatic N) is 2. The average Bonchev–Trinajstić information content (AvgIpc) is 2.74. The molecule has 17 heavy (non-hydrogen) atoms. The van der Waals surface area contributed by atoms with Crippen molar-refractivity contribution in [2.75, 3.05) is 6.54 Å². The maximum Gasteiger partial charge on any atom is 0.0839 e. The minimum Gasteiger partial charge on any atom is -0.305 e. The van der Waals surface area contributed by atoms with E-state index in [9.17, 15) is 0 Å². The lowest BCUT2D eigenvalue weighted by atomic mass is 9.99. The predicted octanol–water partition coefficient (Wildman–Crippen LogP) is 2.43. The van der Waals surface area contributed by atoms with E-state index in [0.29, 0.717) is 0 Å². The molecule has 0 aliphatic carbocycles. The van der Waals surface area contributed by atoms with Crippen LogP contribution in [0.3, 0.4) is 0 Å². The summed E-state index contributed by atoms with van der Waals surface area (Å²) >= 11 is 0. The molecule has 0 saturated heterocycles. The number of nitrogens with one attached hydrogen (secondary N) is 1. The molecule has 0 saturated carbocycles. The molecule has 1 atom stereocenters.